The number of fused-ring (bicyclic) bond motifs is 1. The molecule has 8 heteroatoms. The van der Waals surface area contributed by atoms with Crippen LogP contribution in [0.25, 0.3) is 16.3 Å². The number of nitrogens with one attached hydrogen (secondary N) is 1. The molecule has 1 amide bonds. The molecule has 0 saturated heterocycles. The molecule has 0 aliphatic rings. The van der Waals surface area contributed by atoms with E-state index in [9.17, 15) is 9.18 Å². The number of carbonyl (C=O) groups excluding carboxylic acids is 1. The minimum atomic E-state index is -0.318. The van der Waals surface area contributed by atoms with Crippen LogP contribution < -0.4 is 5.32 Å². The van der Waals surface area contributed by atoms with Crippen LogP contribution in [0.15, 0.2) is 29.6 Å². The van der Waals surface area contributed by atoms with Crippen molar-refractivity contribution < 1.29 is 13.9 Å². The normalized spacial score (nSPS) is 11.0. The zero-order valence-corrected chi connectivity index (χ0v) is 13.3. The van der Waals surface area contributed by atoms with Gasteiger partial charge in [-0.3, -0.25) is 4.79 Å². The lowest BCUT2D eigenvalue weighted by Gasteiger charge is -2.03. The Morgan fingerprint density at radius 2 is 2.35 bits per heavy atom. The first kappa shape index (κ1) is 15.6. The van der Waals surface area contributed by atoms with Crippen molar-refractivity contribution in [3.63, 3.8) is 0 Å². The molecule has 0 unspecified atom stereocenters. The summed E-state index contributed by atoms with van der Waals surface area (Å²) in [6.45, 7) is 0.537. The summed E-state index contributed by atoms with van der Waals surface area (Å²) in [4.78, 5) is 16.5. The van der Waals surface area contributed by atoms with Crippen LogP contribution in [0.4, 0.5) is 4.39 Å². The maximum absolute atomic E-state index is 13.3. The average molecular weight is 334 g/mol. The molecular formula is C15H15FN4O2S. The van der Waals surface area contributed by atoms with E-state index in [4.69, 9.17) is 4.74 Å². The third kappa shape index (κ3) is 3.54. The molecule has 0 atom stereocenters. The smallest absolute Gasteiger partial charge is 0.245 e. The Labute approximate surface area is 135 Å². The number of hydrogen-bond acceptors (Lipinski definition) is 5. The van der Waals surface area contributed by atoms with Crippen LogP contribution in [0.1, 0.15) is 5.69 Å². The summed E-state index contributed by atoms with van der Waals surface area (Å²) in [6, 6.07) is 6.19. The second-order valence-corrected chi connectivity index (χ2v) is 5.74. The molecule has 0 fully saturated rings. The van der Waals surface area contributed by atoms with E-state index in [0.717, 1.165) is 10.7 Å². The molecule has 2 aromatic heterocycles. The molecule has 0 bridgehead atoms. The number of rotatable bonds is 6. The predicted molar refractivity (Wildman–Crippen MR) is 84.8 cm³/mol. The fourth-order valence-corrected chi connectivity index (χ4v) is 3.01. The predicted octanol–water partition coefficient (Wildman–Crippen LogP) is 1.90. The fourth-order valence-electron chi connectivity index (χ4n) is 2.16. The van der Waals surface area contributed by atoms with Crippen molar-refractivity contribution >= 4 is 22.2 Å². The number of amides is 1. The minimum absolute atomic E-state index is 0.0477. The van der Waals surface area contributed by atoms with Gasteiger partial charge >= 0.3 is 0 Å². The first-order valence-corrected chi connectivity index (χ1v) is 7.90. The molecular weight excluding hydrogens is 319 g/mol. The lowest BCUT2D eigenvalue weighted by molar-refractivity contribution is -0.124. The number of carbonyl (C=O) groups is 1. The highest BCUT2D eigenvalue weighted by atomic mass is 32.1. The number of thiazole rings is 1. The second kappa shape index (κ2) is 6.84. The summed E-state index contributed by atoms with van der Waals surface area (Å²) >= 11 is 1.46. The molecule has 120 valence electrons. The third-order valence-electron chi connectivity index (χ3n) is 3.21. The highest BCUT2D eigenvalue weighted by Gasteiger charge is 2.12. The Hall–Kier alpha value is -2.32. The van der Waals surface area contributed by atoms with Crippen LogP contribution in [0.5, 0.6) is 0 Å². The van der Waals surface area contributed by atoms with Gasteiger partial charge in [-0.25, -0.2) is 8.91 Å². The largest absolute Gasteiger partial charge is 0.375 e. The van der Waals surface area contributed by atoms with E-state index < -0.39 is 0 Å². The molecule has 23 heavy (non-hydrogen) atoms. The summed E-state index contributed by atoms with van der Waals surface area (Å²) < 4.78 is 19.8. The van der Waals surface area contributed by atoms with Gasteiger partial charge in [0.15, 0.2) is 5.82 Å². The number of halogens is 1. The van der Waals surface area contributed by atoms with E-state index >= 15 is 0 Å². The number of hydrogen-bond donors (Lipinski definition) is 1. The quantitative estimate of drug-likeness (QED) is 0.748. The molecule has 2 heterocycles. The standard InChI is InChI=1S/C15H15FN4O2S/c1-22-8-13(21)17-6-5-12-9-23-15-18-14(19-20(12)15)10-3-2-4-11(16)7-10/h2-4,7,9H,5-6,8H2,1H3,(H,17,21). The van der Waals surface area contributed by atoms with Crippen molar-refractivity contribution in [1.29, 1.82) is 0 Å². The van der Waals surface area contributed by atoms with Gasteiger partial charge in [-0.1, -0.05) is 12.1 Å². The molecule has 3 aromatic rings. The van der Waals surface area contributed by atoms with Crippen LogP contribution in [0.3, 0.4) is 0 Å². The second-order valence-electron chi connectivity index (χ2n) is 4.90. The molecule has 1 aromatic carbocycles. The van der Waals surface area contributed by atoms with Crippen LogP contribution in [0, 0.1) is 5.82 Å². The topological polar surface area (TPSA) is 68.5 Å². The van der Waals surface area contributed by atoms with Gasteiger partial charge in [0.1, 0.15) is 12.4 Å². The Balaban J connectivity index is 1.74. The average Bonchev–Trinajstić information content (AvgIpc) is 3.09. The summed E-state index contributed by atoms with van der Waals surface area (Å²) in [6.07, 6.45) is 0.626. The molecule has 6 nitrogen and oxygen atoms in total. The van der Waals surface area contributed by atoms with Crippen molar-refractivity contribution in [2.45, 2.75) is 6.42 Å². The molecule has 0 aliphatic heterocycles. The van der Waals surface area contributed by atoms with Gasteiger partial charge in [-0.15, -0.1) is 16.4 Å². The van der Waals surface area contributed by atoms with E-state index in [0.29, 0.717) is 24.4 Å². The van der Waals surface area contributed by atoms with Gasteiger partial charge in [0.05, 0.1) is 5.69 Å². The number of nitrogens with zero attached hydrogens (tertiary/aromatic N) is 3. The maximum atomic E-state index is 13.3. The van der Waals surface area contributed by atoms with Crippen molar-refractivity contribution in [3.8, 4) is 11.4 Å². The molecule has 1 N–H and O–H groups in total. The van der Waals surface area contributed by atoms with Gasteiger partial charge in [0.25, 0.3) is 0 Å². The molecule has 0 spiro atoms. The summed E-state index contributed by atoms with van der Waals surface area (Å²) in [7, 11) is 1.48. The fraction of sp³-hybridized carbons (Fsp3) is 0.267. The van der Waals surface area contributed by atoms with Gasteiger partial charge < -0.3 is 10.1 Å². The summed E-state index contributed by atoms with van der Waals surface area (Å²) in [5.41, 5.74) is 1.58. The molecule has 0 radical (unpaired) electrons. The van der Waals surface area contributed by atoms with Gasteiger partial charge in [0, 0.05) is 31.0 Å². The van der Waals surface area contributed by atoms with E-state index in [1.54, 1.807) is 16.6 Å². The summed E-state index contributed by atoms with van der Waals surface area (Å²) in [5, 5.41) is 9.14. The zero-order chi connectivity index (χ0) is 16.2. The number of benzene rings is 1. The molecule has 0 aliphatic carbocycles. The van der Waals surface area contributed by atoms with Crippen molar-refractivity contribution in [2.24, 2.45) is 0 Å². The minimum Gasteiger partial charge on any atom is -0.375 e. The van der Waals surface area contributed by atoms with Crippen LogP contribution >= 0.6 is 11.3 Å². The molecule has 0 saturated carbocycles. The Morgan fingerprint density at radius 3 is 3.13 bits per heavy atom. The SMILES string of the molecule is COCC(=O)NCCc1csc2nc(-c3cccc(F)c3)nn12. The first-order chi connectivity index (χ1) is 11.2. The monoisotopic (exact) mass is 334 g/mol. The van der Waals surface area contributed by atoms with E-state index in [1.807, 2.05) is 5.38 Å². The van der Waals surface area contributed by atoms with Crippen LogP contribution in [0.2, 0.25) is 0 Å². The Kier molecular flexibility index (Phi) is 4.63. The number of aromatic nitrogens is 3. The first-order valence-electron chi connectivity index (χ1n) is 7.02. The Morgan fingerprint density at radius 1 is 1.48 bits per heavy atom. The van der Waals surface area contributed by atoms with Crippen molar-refractivity contribution in [1.82, 2.24) is 19.9 Å². The zero-order valence-electron chi connectivity index (χ0n) is 12.5. The van der Waals surface area contributed by atoms with Crippen LogP contribution in [-0.2, 0) is 16.0 Å². The lowest BCUT2D eigenvalue weighted by Crippen LogP contribution is -2.29. The van der Waals surface area contributed by atoms with E-state index in [-0.39, 0.29) is 18.3 Å². The maximum Gasteiger partial charge on any atom is 0.245 e. The van der Waals surface area contributed by atoms with Gasteiger partial charge in [-0.05, 0) is 12.1 Å². The van der Waals surface area contributed by atoms with Crippen molar-refractivity contribution in [2.75, 3.05) is 20.3 Å². The van der Waals surface area contributed by atoms with E-state index in [1.165, 1.54) is 30.6 Å². The van der Waals surface area contributed by atoms with Crippen LogP contribution in [-0.4, -0.2) is 40.8 Å². The van der Waals surface area contributed by atoms with Gasteiger partial charge in [-0.2, -0.15) is 4.98 Å². The highest BCUT2D eigenvalue weighted by Crippen LogP contribution is 2.21. The number of methoxy groups -OCH3 is 1. The third-order valence-corrected chi connectivity index (χ3v) is 4.08. The van der Waals surface area contributed by atoms with Crippen molar-refractivity contribution in [3.05, 3.63) is 41.2 Å². The highest BCUT2D eigenvalue weighted by molar-refractivity contribution is 7.15. The summed E-state index contributed by atoms with van der Waals surface area (Å²) in [5.74, 6) is 0.0146. The molecule has 3 rings (SSSR count). The number of ether oxygens (including phenoxy) is 1. The lowest BCUT2D eigenvalue weighted by atomic mass is 10.2. The van der Waals surface area contributed by atoms with E-state index in [2.05, 4.69) is 15.4 Å². The Bertz CT molecular complexity index is 830. The van der Waals surface area contributed by atoms with Gasteiger partial charge in [0.2, 0.25) is 10.9 Å².